The lowest BCUT2D eigenvalue weighted by Gasteiger charge is -2.18. The minimum absolute atomic E-state index is 0.0196. The van der Waals surface area contributed by atoms with E-state index in [-0.39, 0.29) is 18.4 Å². The van der Waals surface area contributed by atoms with Gasteiger partial charge in [0, 0.05) is 12.6 Å². The summed E-state index contributed by atoms with van der Waals surface area (Å²) >= 11 is 0. The number of hydrogen-bond donors (Lipinski definition) is 2. The monoisotopic (exact) mass is 270 g/mol. The van der Waals surface area contributed by atoms with Gasteiger partial charge in [0.1, 0.15) is 0 Å². The molecule has 0 aromatic heterocycles. The zero-order chi connectivity index (χ0) is 14.4. The highest BCUT2D eigenvalue weighted by Gasteiger charge is 2.13. The summed E-state index contributed by atoms with van der Waals surface area (Å²) < 4.78 is 25.8. The van der Waals surface area contributed by atoms with Gasteiger partial charge in [-0.3, -0.25) is 4.79 Å². The Labute approximate surface area is 112 Å². The Kier molecular flexibility index (Phi) is 5.89. The SMILES string of the molecule is CC(C)CC(CN)NC(=O)Cc1ccc(F)c(F)c1. The highest BCUT2D eigenvalue weighted by molar-refractivity contribution is 5.78. The average Bonchev–Trinajstić information content (AvgIpc) is 2.32. The Morgan fingerprint density at radius 1 is 1.32 bits per heavy atom. The smallest absolute Gasteiger partial charge is 0.224 e. The first-order valence-electron chi connectivity index (χ1n) is 6.35. The highest BCUT2D eigenvalue weighted by Crippen LogP contribution is 2.10. The molecule has 1 atom stereocenters. The summed E-state index contributed by atoms with van der Waals surface area (Å²) in [5.74, 6) is -1.66. The minimum atomic E-state index is -0.942. The minimum Gasteiger partial charge on any atom is -0.352 e. The van der Waals surface area contributed by atoms with E-state index in [0.717, 1.165) is 18.6 Å². The summed E-state index contributed by atoms with van der Waals surface area (Å²) in [6.45, 7) is 4.45. The van der Waals surface area contributed by atoms with Gasteiger partial charge in [0.25, 0.3) is 0 Å². The number of nitrogens with two attached hydrogens (primary N) is 1. The van der Waals surface area contributed by atoms with Crippen molar-refractivity contribution in [2.75, 3.05) is 6.54 Å². The highest BCUT2D eigenvalue weighted by atomic mass is 19.2. The van der Waals surface area contributed by atoms with Crippen LogP contribution < -0.4 is 11.1 Å². The predicted molar refractivity (Wildman–Crippen MR) is 70.5 cm³/mol. The van der Waals surface area contributed by atoms with Gasteiger partial charge in [-0.1, -0.05) is 19.9 Å². The maximum absolute atomic E-state index is 13.0. The molecule has 0 fully saturated rings. The quantitative estimate of drug-likeness (QED) is 0.830. The average molecular weight is 270 g/mol. The number of hydrogen-bond acceptors (Lipinski definition) is 2. The van der Waals surface area contributed by atoms with Crippen molar-refractivity contribution >= 4 is 5.91 Å². The first-order chi connectivity index (χ1) is 8.92. The van der Waals surface area contributed by atoms with Gasteiger partial charge in [-0.05, 0) is 30.0 Å². The van der Waals surface area contributed by atoms with Crippen LogP contribution in [0.1, 0.15) is 25.8 Å². The van der Waals surface area contributed by atoms with E-state index in [1.165, 1.54) is 6.07 Å². The summed E-state index contributed by atoms with van der Waals surface area (Å²) in [5, 5.41) is 2.80. The van der Waals surface area contributed by atoms with Gasteiger partial charge < -0.3 is 11.1 Å². The Hall–Kier alpha value is -1.49. The fourth-order valence-corrected chi connectivity index (χ4v) is 1.90. The van der Waals surface area contributed by atoms with E-state index in [1.54, 1.807) is 0 Å². The largest absolute Gasteiger partial charge is 0.352 e. The van der Waals surface area contributed by atoms with Crippen LogP contribution in [0, 0.1) is 17.6 Å². The maximum atomic E-state index is 13.0. The Balaban J connectivity index is 2.56. The molecule has 1 rings (SSSR count). The molecule has 1 unspecified atom stereocenters. The van der Waals surface area contributed by atoms with Crippen LogP contribution in [0.4, 0.5) is 8.78 Å². The van der Waals surface area contributed by atoms with Crippen LogP contribution in [0.2, 0.25) is 0 Å². The van der Waals surface area contributed by atoms with Crippen molar-refractivity contribution in [3.05, 3.63) is 35.4 Å². The van der Waals surface area contributed by atoms with Crippen LogP contribution in [0.25, 0.3) is 0 Å². The normalized spacial score (nSPS) is 12.5. The van der Waals surface area contributed by atoms with Crippen LogP contribution >= 0.6 is 0 Å². The van der Waals surface area contributed by atoms with Crippen molar-refractivity contribution in [1.29, 1.82) is 0 Å². The molecule has 5 heteroatoms. The molecule has 3 N–H and O–H groups in total. The molecule has 0 bridgehead atoms. The van der Waals surface area contributed by atoms with E-state index >= 15 is 0 Å². The molecule has 0 aliphatic rings. The molecule has 1 aromatic carbocycles. The first kappa shape index (κ1) is 15.6. The number of carbonyl (C=O) groups is 1. The molecule has 1 amide bonds. The van der Waals surface area contributed by atoms with Gasteiger partial charge in [0.05, 0.1) is 6.42 Å². The molecular formula is C14H20F2N2O. The van der Waals surface area contributed by atoms with Crippen LogP contribution in [0.15, 0.2) is 18.2 Å². The zero-order valence-electron chi connectivity index (χ0n) is 11.2. The molecule has 1 aromatic rings. The van der Waals surface area contributed by atoms with Crippen molar-refractivity contribution in [2.45, 2.75) is 32.7 Å². The van der Waals surface area contributed by atoms with Gasteiger partial charge >= 0.3 is 0 Å². The van der Waals surface area contributed by atoms with Gasteiger partial charge in [0.15, 0.2) is 11.6 Å². The van der Waals surface area contributed by atoms with E-state index < -0.39 is 11.6 Å². The molecule has 0 aliphatic carbocycles. The third-order valence-corrected chi connectivity index (χ3v) is 2.75. The van der Waals surface area contributed by atoms with E-state index in [4.69, 9.17) is 5.73 Å². The van der Waals surface area contributed by atoms with E-state index in [0.29, 0.717) is 18.0 Å². The van der Waals surface area contributed by atoms with Crippen molar-refractivity contribution in [2.24, 2.45) is 11.7 Å². The van der Waals surface area contributed by atoms with Gasteiger partial charge in [-0.25, -0.2) is 8.78 Å². The summed E-state index contributed by atoms with van der Waals surface area (Å²) in [6, 6.07) is 3.37. The topological polar surface area (TPSA) is 55.1 Å². The lowest BCUT2D eigenvalue weighted by molar-refractivity contribution is -0.121. The van der Waals surface area contributed by atoms with Crippen molar-refractivity contribution < 1.29 is 13.6 Å². The van der Waals surface area contributed by atoms with Crippen LogP contribution in [0.5, 0.6) is 0 Å². The number of benzene rings is 1. The first-order valence-corrected chi connectivity index (χ1v) is 6.35. The van der Waals surface area contributed by atoms with Gasteiger partial charge in [-0.2, -0.15) is 0 Å². The van der Waals surface area contributed by atoms with Gasteiger partial charge in [0.2, 0.25) is 5.91 Å². The number of carbonyl (C=O) groups excluding carboxylic acids is 1. The summed E-state index contributed by atoms with van der Waals surface area (Å²) in [5.41, 5.74) is 6.02. The molecule has 106 valence electrons. The molecule has 0 aliphatic heterocycles. The Bertz CT molecular complexity index is 435. The van der Waals surface area contributed by atoms with Crippen molar-refractivity contribution in [3.63, 3.8) is 0 Å². The van der Waals surface area contributed by atoms with Crippen LogP contribution in [-0.4, -0.2) is 18.5 Å². The standard InChI is InChI=1S/C14H20F2N2O/c1-9(2)5-11(8-17)18-14(19)7-10-3-4-12(15)13(16)6-10/h3-4,6,9,11H,5,7-8,17H2,1-2H3,(H,18,19). The lowest BCUT2D eigenvalue weighted by Crippen LogP contribution is -2.41. The molecule has 0 heterocycles. The maximum Gasteiger partial charge on any atom is 0.224 e. The van der Waals surface area contributed by atoms with Crippen LogP contribution in [-0.2, 0) is 11.2 Å². The molecule has 0 saturated carbocycles. The summed E-state index contributed by atoms with van der Waals surface area (Å²) in [4.78, 5) is 11.8. The third kappa shape index (κ3) is 5.34. The van der Waals surface area contributed by atoms with E-state index in [9.17, 15) is 13.6 Å². The zero-order valence-corrected chi connectivity index (χ0v) is 11.2. The number of nitrogens with one attached hydrogen (secondary N) is 1. The molecule has 19 heavy (non-hydrogen) atoms. The van der Waals surface area contributed by atoms with E-state index in [2.05, 4.69) is 5.32 Å². The predicted octanol–water partition coefficient (Wildman–Crippen LogP) is 2.00. The lowest BCUT2D eigenvalue weighted by atomic mass is 10.0. The second kappa shape index (κ2) is 7.19. The molecule has 0 spiro atoms. The van der Waals surface area contributed by atoms with E-state index in [1.807, 2.05) is 13.8 Å². The Morgan fingerprint density at radius 2 is 2.00 bits per heavy atom. The number of amides is 1. The van der Waals surface area contributed by atoms with Gasteiger partial charge in [-0.15, -0.1) is 0 Å². The summed E-state index contributed by atoms with van der Waals surface area (Å²) in [7, 11) is 0. The van der Waals surface area contributed by atoms with Crippen molar-refractivity contribution in [1.82, 2.24) is 5.32 Å². The fourth-order valence-electron chi connectivity index (χ4n) is 1.90. The van der Waals surface area contributed by atoms with Crippen molar-refractivity contribution in [3.8, 4) is 0 Å². The second-order valence-corrected chi connectivity index (χ2v) is 5.05. The Morgan fingerprint density at radius 3 is 2.53 bits per heavy atom. The van der Waals surface area contributed by atoms with Crippen LogP contribution in [0.3, 0.4) is 0 Å². The third-order valence-electron chi connectivity index (χ3n) is 2.75. The molecule has 0 radical (unpaired) electrons. The number of rotatable bonds is 6. The summed E-state index contributed by atoms with van der Waals surface area (Å²) in [6.07, 6.45) is 0.811. The number of halogens is 2. The molecule has 0 saturated heterocycles. The second-order valence-electron chi connectivity index (χ2n) is 5.05. The fraction of sp³-hybridized carbons (Fsp3) is 0.500. The molecular weight excluding hydrogens is 250 g/mol. The molecule has 3 nitrogen and oxygen atoms in total.